The van der Waals surface area contributed by atoms with Crippen LogP contribution in [0.5, 0.6) is 0 Å². The lowest BCUT2D eigenvalue weighted by Gasteiger charge is -2.07. The number of nitrogens with zero attached hydrogens (tertiary/aromatic N) is 2. The number of benzene rings is 1. The van der Waals surface area contributed by atoms with Crippen LogP contribution in [0.4, 0.5) is 4.39 Å². The highest BCUT2D eigenvalue weighted by atomic mass is 19.1. The molecule has 0 aliphatic carbocycles. The van der Waals surface area contributed by atoms with Gasteiger partial charge in [-0.2, -0.15) is 0 Å². The molecule has 3 aromatic rings. The number of carbonyl (C=O) groups is 1. The molecule has 0 unspecified atom stereocenters. The van der Waals surface area contributed by atoms with Crippen LogP contribution in [-0.4, -0.2) is 21.0 Å². The summed E-state index contributed by atoms with van der Waals surface area (Å²) in [5.41, 5.74) is 1.66. The average Bonchev–Trinajstić information content (AvgIpc) is 2.47. The first kappa shape index (κ1) is 12.2. The fourth-order valence-electron chi connectivity index (χ4n) is 2.04. The van der Waals surface area contributed by atoms with Crippen LogP contribution < -0.4 is 0 Å². The maximum atomic E-state index is 13.3. The van der Waals surface area contributed by atoms with Gasteiger partial charge in [0.25, 0.3) is 0 Å². The molecule has 98 valence electrons. The van der Waals surface area contributed by atoms with E-state index in [4.69, 9.17) is 0 Å². The molecule has 0 radical (unpaired) electrons. The third kappa shape index (κ3) is 2.09. The van der Waals surface area contributed by atoms with Crippen LogP contribution in [0, 0.1) is 5.82 Å². The smallest absolute Gasteiger partial charge is 0.336 e. The number of pyridine rings is 2. The summed E-state index contributed by atoms with van der Waals surface area (Å²) >= 11 is 0. The second kappa shape index (κ2) is 4.70. The van der Waals surface area contributed by atoms with Gasteiger partial charge in [-0.1, -0.05) is 0 Å². The van der Waals surface area contributed by atoms with Gasteiger partial charge in [0.15, 0.2) is 0 Å². The number of hydrogen-bond acceptors (Lipinski definition) is 3. The minimum Gasteiger partial charge on any atom is -0.478 e. The number of rotatable bonds is 2. The van der Waals surface area contributed by atoms with Crippen molar-refractivity contribution in [2.75, 3.05) is 0 Å². The van der Waals surface area contributed by atoms with Crippen molar-refractivity contribution in [1.29, 1.82) is 0 Å². The van der Waals surface area contributed by atoms with Crippen LogP contribution in [-0.2, 0) is 0 Å². The summed E-state index contributed by atoms with van der Waals surface area (Å²) in [6.45, 7) is 0. The third-order valence-corrected chi connectivity index (χ3v) is 2.96. The van der Waals surface area contributed by atoms with Crippen LogP contribution in [0.2, 0.25) is 0 Å². The van der Waals surface area contributed by atoms with E-state index < -0.39 is 11.8 Å². The van der Waals surface area contributed by atoms with Crippen molar-refractivity contribution < 1.29 is 14.3 Å². The van der Waals surface area contributed by atoms with E-state index in [0.29, 0.717) is 16.8 Å². The summed E-state index contributed by atoms with van der Waals surface area (Å²) < 4.78 is 13.3. The minimum atomic E-state index is -1.12. The van der Waals surface area contributed by atoms with E-state index in [1.54, 1.807) is 24.5 Å². The molecule has 0 aliphatic heterocycles. The summed E-state index contributed by atoms with van der Waals surface area (Å²) in [4.78, 5) is 19.7. The van der Waals surface area contributed by atoms with Gasteiger partial charge in [-0.25, -0.2) is 14.2 Å². The Kier molecular flexibility index (Phi) is 2.87. The monoisotopic (exact) mass is 268 g/mol. The first-order chi connectivity index (χ1) is 9.65. The first-order valence-electron chi connectivity index (χ1n) is 5.89. The van der Waals surface area contributed by atoms with Crippen molar-refractivity contribution in [1.82, 2.24) is 9.97 Å². The van der Waals surface area contributed by atoms with Gasteiger partial charge in [-0.05, 0) is 36.4 Å². The molecule has 0 fully saturated rings. The SMILES string of the molecule is O=C(O)c1cc(-c2cccnc2)nc2ccc(F)cc12. The Hall–Kier alpha value is -2.82. The Balaban J connectivity index is 2.32. The number of halogens is 1. The van der Waals surface area contributed by atoms with Gasteiger partial charge in [0, 0.05) is 23.3 Å². The molecule has 20 heavy (non-hydrogen) atoms. The van der Waals surface area contributed by atoms with Gasteiger partial charge < -0.3 is 5.11 Å². The highest BCUT2D eigenvalue weighted by molar-refractivity contribution is 6.03. The van der Waals surface area contributed by atoms with Crippen LogP contribution >= 0.6 is 0 Å². The lowest BCUT2D eigenvalue weighted by molar-refractivity contribution is 0.0699. The van der Waals surface area contributed by atoms with Crippen molar-refractivity contribution >= 4 is 16.9 Å². The van der Waals surface area contributed by atoms with Crippen molar-refractivity contribution in [2.45, 2.75) is 0 Å². The highest BCUT2D eigenvalue weighted by Gasteiger charge is 2.13. The summed E-state index contributed by atoms with van der Waals surface area (Å²) in [7, 11) is 0. The molecule has 0 amide bonds. The largest absolute Gasteiger partial charge is 0.478 e. The molecule has 0 aliphatic rings. The maximum Gasteiger partial charge on any atom is 0.336 e. The molecule has 0 spiro atoms. The van der Waals surface area contributed by atoms with E-state index in [1.165, 1.54) is 24.3 Å². The van der Waals surface area contributed by atoms with Gasteiger partial charge in [-0.3, -0.25) is 4.98 Å². The Morgan fingerprint density at radius 1 is 1.20 bits per heavy atom. The highest BCUT2D eigenvalue weighted by Crippen LogP contribution is 2.25. The molecule has 0 atom stereocenters. The number of aromatic carboxylic acids is 1. The molecule has 2 aromatic heterocycles. The molecule has 5 heteroatoms. The van der Waals surface area contributed by atoms with Gasteiger partial charge in [0.1, 0.15) is 5.82 Å². The van der Waals surface area contributed by atoms with Crippen molar-refractivity contribution in [3.05, 3.63) is 60.2 Å². The second-order valence-corrected chi connectivity index (χ2v) is 4.26. The number of aromatic nitrogens is 2. The van der Waals surface area contributed by atoms with Crippen molar-refractivity contribution in [3.63, 3.8) is 0 Å². The normalized spacial score (nSPS) is 10.7. The Morgan fingerprint density at radius 2 is 2.05 bits per heavy atom. The topological polar surface area (TPSA) is 63.1 Å². The molecular weight excluding hydrogens is 259 g/mol. The van der Waals surface area contributed by atoms with E-state index in [2.05, 4.69) is 9.97 Å². The zero-order chi connectivity index (χ0) is 14.1. The first-order valence-corrected chi connectivity index (χ1v) is 5.89. The van der Waals surface area contributed by atoms with Crippen LogP contribution in [0.15, 0.2) is 48.8 Å². The van der Waals surface area contributed by atoms with Crippen LogP contribution in [0.25, 0.3) is 22.2 Å². The fourth-order valence-corrected chi connectivity index (χ4v) is 2.04. The average molecular weight is 268 g/mol. The van der Waals surface area contributed by atoms with Gasteiger partial charge in [0.05, 0.1) is 16.8 Å². The molecule has 0 saturated heterocycles. The Morgan fingerprint density at radius 3 is 2.75 bits per heavy atom. The second-order valence-electron chi connectivity index (χ2n) is 4.26. The number of carboxylic acids is 1. The molecule has 4 nitrogen and oxygen atoms in total. The third-order valence-electron chi connectivity index (χ3n) is 2.96. The lowest BCUT2D eigenvalue weighted by Crippen LogP contribution is -2.00. The van der Waals surface area contributed by atoms with E-state index in [-0.39, 0.29) is 10.9 Å². The van der Waals surface area contributed by atoms with Gasteiger partial charge in [-0.15, -0.1) is 0 Å². The lowest BCUT2D eigenvalue weighted by atomic mass is 10.0. The quantitative estimate of drug-likeness (QED) is 0.775. The molecule has 1 N–H and O–H groups in total. The van der Waals surface area contributed by atoms with E-state index >= 15 is 0 Å². The Labute approximate surface area is 113 Å². The van der Waals surface area contributed by atoms with Crippen molar-refractivity contribution in [3.8, 4) is 11.3 Å². The molecule has 0 bridgehead atoms. The van der Waals surface area contributed by atoms with Gasteiger partial charge in [0.2, 0.25) is 0 Å². The van der Waals surface area contributed by atoms with E-state index in [0.717, 1.165) is 0 Å². The summed E-state index contributed by atoms with van der Waals surface area (Å²) in [5, 5.41) is 9.56. The van der Waals surface area contributed by atoms with Crippen LogP contribution in [0.1, 0.15) is 10.4 Å². The number of fused-ring (bicyclic) bond motifs is 1. The summed E-state index contributed by atoms with van der Waals surface area (Å²) in [6, 6.07) is 8.87. The standard InChI is InChI=1S/C15H9FN2O2/c16-10-3-4-13-11(6-10)12(15(19)20)7-14(18-13)9-2-1-5-17-8-9/h1-8H,(H,19,20). The maximum absolute atomic E-state index is 13.3. The zero-order valence-corrected chi connectivity index (χ0v) is 10.2. The van der Waals surface area contributed by atoms with Gasteiger partial charge >= 0.3 is 5.97 Å². The van der Waals surface area contributed by atoms with E-state index in [1.807, 2.05) is 0 Å². The molecular formula is C15H9FN2O2. The number of hydrogen-bond donors (Lipinski definition) is 1. The molecule has 0 saturated carbocycles. The minimum absolute atomic E-state index is 0.0216. The van der Waals surface area contributed by atoms with Crippen molar-refractivity contribution in [2.24, 2.45) is 0 Å². The summed E-state index contributed by atoms with van der Waals surface area (Å²) in [5.74, 6) is -1.61. The van der Waals surface area contributed by atoms with E-state index in [9.17, 15) is 14.3 Å². The Bertz CT molecular complexity index is 804. The molecule has 3 rings (SSSR count). The molecule has 1 aromatic carbocycles. The fraction of sp³-hybridized carbons (Fsp3) is 0. The predicted octanol–water partition coefficient (Wildman–Crippen LogP) is 3.13. The van der Waals surface area contributed by atoms with Crippen LogP contribution in [0.3, 0.4) is 0 Å². The number of carboxylic acid groups (broad SMARTS) is 1. The predicted molar refractivity (Wildman–Crippen MR) is 71.9 cm³/mol. The molecule has 2 heterocycles. The zero-order valence-electron chi connectivity index (χ0n) is 10.2. The summed E-state index contributed by atoms with van der Waals surface area (Å²) in [6.07, 6.45) is 3.22.